The van der Waals surface area contributed by atoms with E-state index in [4.69, 9.17) is 0 Å². The summed E-state index contributed by atoms with van der Waals surface area (Å²) in [6, 6.07) is 8.76. The fourth-order valence-electron chi connectivity index (χ4n) is 2.40. The Morgan fingerprint density at radius 3 is 3.00 bits per heavy atom. The number of hydrogen-bond donors (Lipinski definition) is 1. The molecule has 1 aromatic carbocycles. The minimum atomic E-state index is 0.971. The summed E-state index contributed by atoms with van der Waals surface area (Å²) in [5, 5.41) is 4.93. The minimum Gasteiger partial charge on any atom is -0.346 e. The summed E-state index contributed by atoms with van der Waals surface area (Å²) in [4.78, 5) is 0. The van der Waals surface area contributed by atoms with Crippen LogP contribution in [0.15, 0.2) is 30.5 Å². The second-order valence-electron chi connectivity index (χ2n) is 5.16. The minimum absolute atomic E-state index is 0.971. The molecule has 1 heterocycles. The molecule has 0 amide bonds. The van der Waals surface area contributed by atoms with Crippen molar-refractivity contribution in [2.24, 2.45) is 5.92 Å². The van der Waals surface area contributed by atoms with Crippen LogP contribution in [-0.2, 0) is 6.54 Å². The number of nitrogens with one attached hydrogen (secondary N) is 1. The average molecular weight is 228 g/mol. The first-order valence-electron chi connectivity index (χ1n) is 6.60. The van der Waals surface area contributed by atoms with Crippen LogP contribution in [0.1, 0.15) is 18.4 Å². The molecule has 3 rings (SSSR count). The molecule has 0 saturated heterocycles. The van der Waals surface area contributed by atoms with Crippen molar-refractivity contribution in [2.45, 2.75) is 26.3 Å². The van der Waals surface area contributed by atoms with Crippen LogP contribution < -0.4 is 5.32 Å². The molecule has 2 heteroatoms. The van der Waals surface area contributed by atoms with Crippen LogP contribution in [0.4, 0.5) is 0 Å². The van der Waals surface area contributed by atoms with E-state index < -0.39 is 0 Å². The van der Waals surface area contributed by atoms with Crippen molar-refractivity contribution >= 4 is 10.9 Å². The highest BCUT2D eigenvalue weighted by molar-refractivity contribution is 5.83. The second-order valence-corrected chi connectivity index (χ2v) is 5.16. The molecule has 0 spiro atoms. The number of benzene rings is 1. The summed E-state index contributed by atoms with van der Waals surface area (Å²) >= 11 is 0. The Labute approximate surface area is 103 Å². The molecule has 2 aromatic rings. The van der Waals surface area contributed by atoms with Gasteiger partial charge in [0.25, 0.3) is 0 Å². The quantitative estimate of drug-likeness (QED) is 0.779. The van der Waals surface area contributed by atoms with Gasteiger partial charge in [-0.1, -0.05) is 12.1 Å². The lowest BCUT2D eigenvalue weighted by Gasteiger charge is -2.07. The number of aromatic nitrogens is 1. The summed E-state index contributed by atoms with van der Waals surface area (Å²) in [5.74, 6) is 0.971. The van der Waals surface area contributed by atoms with Gasteiger partial charge in [0.15, 0.2) is 0 Å². The molecule has 90 valence electrons. The molecule has 1 N–H and O–H groups in total. The number of aryl methyl sites for hydroxylation is 1. The Hall–Kier alpha value is -1.28. The fourth-order valence-corrected chi connectivity index (χ4v) is 2.40. The predicted octanol–water partition coefficient (Wildman–Crippen LogP) is 2.95. The van der Waals surface area contributed by atoms with Gasteiger partial charge in [0, 0.05) is 30.2 Å². The SMILES string of the molecule is Cc1cccc2c1ccn2CCNCC1CC1. The molecule has 1 fully saturated rings. The maximum atomic E-state index is 3.54. The van der Waals surface area contributed by atoms with E-state index in [-0.39, 0.29) is 0 Å². The molecule has 0 unspecified atom stereocenters. The van der Waals surface area contributed by atoms with Crippen LogP contribution in [0.3, 0.4) is 0 Å². The maximum absolute atomic E-state index is 3.54. The van der Waals surface area contributed by atoms with Gasteiger partial charge in [-0.2, -0.15) is 0 Å². The van der Waals surface area contributed by atoms with Gasteiger partial charge < -0.3 is 9.88 Å². The summed E-state index contributed by atoms with van der Waals surface area (Å²) < 4.78 is 2.35. The first-order chi connectivity index (χ1) is 8.34. The van der Waals surface area contributed by atoms with Crippen LogP contribution in [0.5, 0.6) is 0 Å². The standard InChI is InChI=1S/C15H20N2/c1-12-3-2-4-15-14(12)7-9-17(15)10-8-16-11-13-5-6-13/h2-4,7,9,13,16H,5-6,8,10-11H2,1H3. The number of hydrogen-bond acceptors (Lipinski definition) is 1. The molecule has 0 atom stereocenters. The van der Waals surface area contributed by atoms with Gasteiger partial charge in [0.1, 0.15) is 0 Å². The van der Waals surface area contributed by atoms with E-state index in [1.165, 1.54) is 35.9 Å². The zero-order valence-electron chi connectivity index (χ0n) is 10.4. The van der Waals surface area contributed by atoms with Crippen molar-refractivity contribution in [1.82, 2.24) is 9.88 Å². The van der Waals surface area contributed by atoms with E-state index >= 15 is 0 Å². The summed E-state index contributed by atoms with van der Waals surface area (Å²) in [7, 11) is 0. The Morgan fingerprint density at radius 1 is 1.29 bits per heavy atom. The lowest BCUT2D eigenvalue weighted by atomic mass is 10.1. The van der Waals surface area contributed by atoms with E-state index in [1.807, 2.05) is 0 Å². The topological polar surface area (TPSA) is 17.0 Å². The number of rotatable bonds is 5. The third kappa shape index (κ3) is 2.37. The van der Waals surface area contributed by atoms with Crippen LogP contribution >= 0.6 is 0 Å². The molecule has 1 saturated carbocycles. The van der Waals surface area contributed by atoms with Crippen molar-refractivity contribution < 1.29 is 0 Å². The van der Waals surface area contributed by atoms with Gasteiger partial charge in [0.05, 0.1) is 0 Å². The smallest absolute Gasteiger partial charge is 0.0483 e. The van der Waals surface area contributed by atoms with Gasteiger partial charge >= 0.3 is 0 Å². The monoisotopic (exact) mass is 228 g/mol. The molecule has 2 nitrogen and oxygen atoms in total. The van der Waals surface area contributed by atoms with Crippen LogP contribution in [0.25, 0.3) is 10.9 Å². The lowest BCUT2D eigenvalue weighted by Crippen LogP contribution is -2.21. The summed E-state index contributed by atoms with van der Waals surface area (Å²) in [6.45, 7) is 5.53. The molecule has 0 aliphatic heterocycles. The third-order valence-electron chi connectivity index (χ3n) is 3.69. The van der Waals surface area contributed by atoms with Gasteiger partial charge in [0.2, 0.25) is 0 Å². The molecule has 1 aliphatic carbocycles. The lowest BCUT2D eigenvalue weighted by molar-refractivity contribution is 0.584. The normalized spacial score (nSPS) is 15.6. The number of fused-ring (bicyclic) bond motifs is 1. The van der Waals surface area contributed by atoms with Gasteiger partial charge in [-0.05, 0) is 49.9 Å². The molecule has 0 radical (unpaired) electrons. The van der Waals surface area contributed by atoms with Crippen LogP contribution in [0, 0.1) is 12.8 Å². The Kier molecular flexibility index (Phi) is 2.89. The van der Waals surface area contributed by atoms with Crippen molar-refractivity contribution in [3.63, 3.8) is 0 Å². The van der Waals surface area contributed by atoms with E-state index in [2.05, 4.69) is 47.3 Å². The Balaban J connectivity index is 1.65. The van der Waals surface area contributed by atoms with E-state index in [0.29, 0.717) is 0 Å². The summed E-state index contributed by atoms with van der Waals surface area (Å²) in [6.07, 6.45) is 5.06. The summed E-state index contributed by atoms with van der Waals surface area (Å²) in [5.41, 5.74) is 2.73. The second kappa shape index (κ2) is 4.53. The predicted molar refractivity (Wildman–Crippen MR) is 72.3 cm³/mol. The zero-order valence-corrected chi connectivity index (χ0v) is 10.4. The highest BCUT2D eigenvalue weighted by Crippen LogP contribution is 2.27. The number of nitrogens with zero attached hydrogens (tertiary/aromatic N) is 1. The van der Waals surface area contributed by atoms with Crippen molar-refractivity contribution in [3.8, 4) is 0 Å². The van der Waals surface area contributed by atoms with Gasteiger partial charge in [-0.15, -0.1) is 0 Å². The van der Waals surface area contributed by atoms with E-state index in [1.54, 1.807) is 0 Å². The molecule has 1 aliphatic rings. The Bertz CT molecular complexity index is 509. The highest BCUT2D eigenvalue weighted by Gasteiger charge is 2.19. The zero-order chi connectivity index (χ0) is 11.7. The van der Waals surface area contributed by atoms with Crippen LogP contribution in [-0.4, -0.2) is 17.7 Å². The molecule has 17 heavy (non-hydrogen) atoms. The first-order valence-corrected chi connectivity index (χ1v) is 6.60. The van der Waals surface area contributed by atoms with E-state index in [9.17, 15) is 0 Å². The van der Waals surface area contributed by atoms with Crippen molar-refractivity contribution in [3.05, 3.63) is 36.0 Å². The molecular weight excluding hydrogens is 208 g/mol. The Morgan fingerprint density at radius 2 is 2.18 bits per heavy atom. The fraction of sp³-hybridized carbons (Fsp3) is 0.467. The van der Waals surface area contributed by atoms with Gasteiger partial charge in [-0.25, -0.2) is 0 Å². The largest absolute Gasteiger partial charge is 0.346 e. The average Bonchev–Trinajstić information content (AvgIpc) is 3.06. The van der Waals surface area contributed by atoms with E-state index in [0.717, 1.165) is 19.0 Å². The highest BCUT2D eigenvalue weighted by atomic mass is 15.0. The maximum Gasteiger partial charge on any atom is 0.0483 e. The molecule has 1 aromatic heterocycles. The molecule has 0 bridgehead atoms. The molecular formula is C15H20N2. The van der Waals surface area contributed by atoms with Crippen LogP contribution in [0.2, 0.25) is 0 Å². The van der Waals surface area contributed by atoms with Gasteiger partial charge in [-0.3, -0.25) is 0 Å². The van der Waals surface area contributed by atoms with Crippen molar-refractivity contribution in [2.75, 3.05) is 13.1 Å². The third-order valence-corrected chi connectivity index (χ3v) is 3.69. The van der Waals surface area contributed by atoms with Crippen molar-refractivity contribution in [1.29, 1.82) is 0 Å². The first kappa shape index (κ1) is 10.8.